The summed E-state index contributed by atoms with van der Waals surface area (Å²) in [6.07, 6.45) is 1.67. The Labute approximate surface area is 219 Å². The van der Waals surface area contributed by atoms with Gasteiger partial charge in [0.05, 0.1) is 31.7 Å². The summed E-state index contributed by atoms with van der Waals surface area (Å²) >= 11 is 16.5. The first-order valence-electron chi connectivity index (χ1n) is 10.2. The number of carbonyl (C=O) groups excluding carboxylic acids is 2. The zero-order valence-corrected chi connectivity index (χ0v) is 21.8. The molecule has 0 aromatic heterocycles. The van der Waals surface area contributed by atoms with Crippen LogP contribution in [0.2, 0.25) is 10.0 Å². The quantitative estimate of drug-likeness (QED) is 0.266. The van der Waals surface area contributed by atoms with E-state index in [9.17, 15) is 9.59 Å². The van der Waals surface area contributed by atoms with Crippen LogP contribution in [-0.2, 0) is 11.4 Å². The van der Waals surface area contributed by atoms with Gasteiger partial charge in [-0.2, -0.15) is 0 Å². The topological polar surface area (TPSA) is 55.8 Å². The molecule has 9 heteroatoms. The molecule has 0 N–H and O–H groups in total. The van der Waals surface area contributed by atoms with Crippen molar-refractivity contribution >= 4 is 73.8 Å². The minimum atomic E-state index is -0.366. The highest BCUT2D eigenvalue weighted by Gasteiger charge is 2.36. The van der Waals surface area contributed by atoms with Crippen LogP contribution in [-0.4, -0.2) is 17.8 Å². The lowest BCUT2D eigenvalue weighted by Gasteiger charge is -2.15. The highest BCUT2D eigenvalue weighted by Crippen LogP contribution is 2.40. The molecule has 0 spiro atoms. The van der Waals surface area contributed by atoms with E-state index in [1.165, 1.54) is 4.90 Å². The van der Waals surface area contributed by atoms with Crippen molar-refractivity contribution in [1.82, 2.24) is 0 Å². The molecule has 1 saturated heterocycles. The second kappa shape index (κ2) is 10.9. The lowest BCUT2D eigenvalue weighted by molar-refractivity contribution is -0.113. The maximum absolute atomic E-state index is 12.9. The van der Waals surface area contributed by atoms with E-state index in [0.29, 0.717) is 48.8 Å². The van der Waals surface area contributed by atoms with Crippen LogP contribution in [0.1, 0.15) is 18.1 Å². The van der Waals surface area contributed by atoms with Crippen LogP contribution < -0.4 is 14.4 Å². The molecule has 1 fully saturated rings. The van der Waals surface area contributed by atoms with Crippen molar-refractivity contribution < 1.29 is 19.1 Å². The summed E-state index contributed by atoms with van der Waals surface area (Å²) in [5.41, 5.74) is 2.08. The monoisotopic (exact) mass is 577 g/mol. The van der Waals surface area contributed by atoms with E-state index in [1.807, 2.05) is 25.1 Å². The molecule has 34 heavy (non-hydrogen) atoms. The molecule has 1 aliphatic rings. The van der Waals surface area contributed by atoms with Gasteiger partial charge in [-0.25, -0.2) is 4.90 Å². The maximum Gasteiger partial charge on any atom is 0.298 e. The maximum atomic E-state index is 12.9. The number of nitrogens with zero attached hydrogens (tertiary/aromatic N) is 1. The Morgan fingerprint density at radius 3 is 2.47 bits per heavy atom. The molecule has 0 atom stereocenters. The van der Waals surface area contributed by atoms with Gasteiger partial charge in [0.25, 0.3) is 11.1 Å². The molecule has 0 aliphatic carbocycles. The number of carbonyl (C=O) groups is 2. The molecule has 3 aromatic rings. The van der Waals surface area contributed by atoms with Gasteiger partial charge in [0, 0.05) is 0 Å². The zero-order valence-electron chi connectivity index (χ0n) is 17.9. The normalized spacial score (nSPS) is 14.7. The molecule has 0 radical (unpaired) electrons. The molecule has 1 heterocycles. The molecule has 5 nitrogen and oxygen atoms in total. The van der Waals surface area contributed by atoms with Gasteiger partial charge in [0.1, 0.15) is 6.61 Å². The van der Waals surface area contributed by atoms with Gasteiger partial charge in [-0.1, -0.05) is 47.5 Å². The number of ether oxygens (including phenoxy) is 2. The second-order valence-corrected chi connectivity index (χ2v) is 9.81. The minimum absolute atomic E-state index is 0.255. The van der Waals surface area contributed by atoms with Gasteiger partial charge < -0.3 is 9.47 Å². The zero-order chi connectivity index (χ0) is 24.2. The fourth-order valence-corrected chi connectivity index (χ4v) is 5.01. The van der Waals surface area contributed by atoms with Crippen molar-refractivity contribution in [2.45, 2.75) is 13.5 Å². The largest absolute Gasteiger partial charge is 0.490 e. The Morgan fingerprint density at radius 1 is 1.00 bits per heavy atom. The van der Waals surface area contributed by atoms with Crippen molar-refractivity contribution in [3.05, 3.63) is 91.2 Å². The van der Waals surface area contributed by atoms with Crippen molar-refractivity contribution in [2.75, 3.05) is 11.5 Å². The van der Waals surface area contributed by atoms with E-state index in [1.54, 1.807) is 48.5 Å². The Balaban J connectivity index is 1.59. The van der Waals surface area contributed by atoms with Gasteiger partial charge in [-0.05, 0) is 88.2 Å². The first-order valence-corrected chi connectivity index (χ1v) is 12.6. The summed E-state index contributed by atoms with van der Waals surface area (Å²) in [5.74, 6) is 0.656. The third-order valence-electron chi connectivity index (χ3n) is 4.80. The van der Waals surface area contributed by atoms with Gasteiger partial charge >= 0.3 is 0 Å². The Morgan fingerprint density at radius 2 is 1.76 bits per heavy atom. The number of anilines is 1. The number of thioether (sulfide) groups is 1. The fourth-order valence-electron chi connectivity index (χ4n) is 3.28. The minimum Gasteiger partial charge on any atom is -0.490 e. The highest BCUT2D eigenvalue weighted by molar-refractivity contribution is 9.10. The van der Waals surface area contributed by atoms with Gasteiger partial charge in [0.15, 0.2) is 11.5 Å². The van der Waals surface area contributed by atoms with Crippen molar-refractivity contribution in [1.29, 1.82) is 0 Å². The van der Waals surface area contributed by atoms with Crippen LogP contribution in [0.25, 0.3) is 6.08 Å². The third kappa shape index (κ3) is 5.44. The average Bonchev–Trinajstić information content (AvgIpc) is 3.09. The Hall–Kier alpha value is -2.45. The molecule has 1 aliphatic heterocycles. The van der Waals surface area contributed by atoms with Gasteiger partial charge in [-0.3, -0.25) is 9.59 Å². The van der Waals surface area contributed by atoms with Crippen LogP contribution in [0, 0.1) is 0 Å². The van der Waals surface area contributed by atoms with Crippen LogP contribution in [0.4, 0.5) is 10.5 Å². The SMILES string of the molecule is CCOc1cc(/C=C2\SC(=O)N(c3ccccc3)C2=O)cc(Br)c1OCc1ccc(Cl)c(Cl)c1. The predicted octanol–water partition coefficient (Wildman–Crippen LogP) is 7.97. The molecular formula is C25H18BrCl2NO4S. The van der Waals surface area contributed by atoms with Crippen molar-refractivity contribution in [2.24, 2.45) is 0 Å². The number of benzene rings is 3. The number of halogens is 3. The number of rotatable bonds is 7. The van der Waals surface area contributed by atoms with E-state index >= 15 is 0 Å². The van der Waals surface area contributed by atoms with E-state index < -0.39 is 0 Å². The number of para-hydroxylation sites is 1. The highest BCUT2D eigenvalue weighted by atomic mass is 79.9. The summed E-state index contributed by atoms with van der Waals surface area (Å²) < 4.78 is 12.4. The van der Waals surface area contributed by atoms with Crippen molar-refractivity contribution in [3.8, 4) is 11.5 Å². The summed E-state index contributed by atoms with van der Waals surface area (Å²) in [4.78, 5) is 26.9. The molecule has 174 valence electrons. The van der Waals surface area contributed by atoms with Crippen LogP contribution in [0.15, 0.2) is 70.0 Å². The molecule has 3 aromatic carbocycles. The third-order valence-corrected chi connectivity index (χ3v) is 7.00. The van der Waals surface area contributed by atoms with Crippen LogP contribution in [0.5, 0.6) is 11.5 Å². The smallest absolute Gasteiger partial charge is 0.298 e. The molecule has 4 rings (SSSR count). The lowest BCUT2D eigenvalue weighted by atomic mass is 10.1. The molecule has 0 bridgehead atoms. The standard InChI is InChI=1S/C25H18BrCl2NO4S/c1-2-32-21-12-16(10-18(26)23(21)33-14-15-8-9-19(27)20(28)11-15)13-22-24(30)29(25(31)34-22)17-6-4-3-5-7-17/h3-13H,2,14H2,1H3/b22-13-. The fraction of sp³-hybridized carbons (Fsp3) is 0.120. The number of hydrogen-bond acceptors (Lipinski definition) is 5. The van der Waals surface area contributed by atoms with Crippen LogP contribution >= 0.6 is 50.9 Å². The van der Waals surface area contributed by atoms with E-state index in [-0.39, 0.29) is 17.8 Å². The summed E-state index contributed by atoms with van der Waals surface area (Å²) in [6.45, 7) is 2.54. The summed E-state index contributed by atoms with van der Waals surface area (Å²) in [7, 11) is 0. The summed E-state index contributed by atoms with van der Waals surface area (Å²) in [6, 6.07) is 17.7. The molecule has 0 unspecified atom stereocenters. The van der Waals surface area contributed by atoms with E-state index in [4.69, 9.17) is 32.7 Å². The Bertz CT molecular complexity index is 1280. The van der Waals surface area contributed by atoms with Crippen molar-refractivity contribution in [3.63, 3.8) is 0 Å². The molecular weight excluding hydrogens is 561 g/mol. The summed E-state index contributed by atoms with van der Waals surface area (Å²) in [5, 5.41) is 0.586. The Kier molecular flexibility index (Phi) is 7.88. The predicted molar refractivity (Wildman–Crippen MR) is 141 cm³/mol. The average molecular weight is 579 g/mol. The lowest BCUT2D eigenvalue weighted by Crippen LogP contribution is -2.27. The number of imide groups is 1. The molecule has 2 amide bonds. The van der Waals surface area contributed by atoms with Gasteiger partial charge in [0.2, 0.25) is 0 Å². The number of amides is 2. The first-order chi connectivity index (χ1) is 16.4. The van der Waals surface area contributed by atoms with E-state index in [0.717, 1.165) is 17.3 Å². The second-order valence-electron chi connectivity index (χ2n) is 7.15. The van der Waals surface area contributed by atoms with Gasteiger partial charge in [-0.15, -0.1) is 0 Å². The van der Waals surface area contributed by atoms with E-state index in [2.05, 4.69) is 15.9 Å². The molecule has 0 saturated carbocycles. The first kappa shape index (κ1) is 24.7. The van der Waals surface area contributed by atoms with Crippen LogP contribution in [0.3, 0.4) is 0 Å². The number of hydrogen-bond donors (Lipinski definition) is 0.